The number of hydrogen-bond donors (Lipinski definition) is 0. The number of hydrogen-bond acceptors (Lipinski definition) is 3. The molecule has 0 radical (unpaired) electrons. The van der Waals surface area contributed by atoms with Crippen molar-refractivity contribution in [1.29, 1.82) is 0 Å². The van der Waals surface area contributed by atoms with Crippen LogP contribution in [0.4, 0.5) is 5.82 Å². The van der Waals surface area contributed by atoms with E-state index in [2.05, 4.69) is 87.2 Å². The SMILES string of the molecule is CCC(c1ccccc1)c1nc(C)c(C)c(N2CCc3ccccc3[C@@H]2C)n1. The van der Waals surface area contributed by atoms with Crippen LogP contribution in [0.1, 0.15) is 66.0 Å². The number of aryl methyl sites for hydroxylation is 1. The molecule has 2 atom stereocenters. The molecule has 0 spiro atoms. The minimum Gasteiger partial charge on any atom is -0.349 e. The molecule has 3 aromatic rings. The summed E-state index contributed by atoms with van der Waals surface area (Å²) in [5, 5.41) is 0. The van der Waals surface area contributed by atoms with Gasteiger partial charge in [-0.3, -0.25) is 0 Å². The molecule has 1 aliphatic rings. The first-order valence-corrected chi connectivity index (χ1v) is 10.3. The fraction of sp³-hybridized carbons (Fsp3) is 0.360. The minimum absolute atomic E-state index is 0.228. The summed E-state index contributed by atoms with van der Waals surface area (Å²) < 4.78 is 0. The molecular formula is C25H29N3. The Balaban J connectivity index is 1.76. The van der Waals surface area contributed by atoms with Crippen molar-refractivity contribution in [3.05, 3.63) is 88.4 Å². The molecule has 0 fully saturated rings. The largest absolute Gasteiger partial charge is 0.349 e. The monoisotopic (exact) mass is 371 g/mol. The maximum atomic E-state index is 5.14. The lowest BCUT2D eigenvalue weighted by atomic mass is 9.93. The molecule has 2 aromatic carbocycles. The van der Waals surface area contributed by atoms with Gasteiger partial charge in [-0.05, 0) is 50.3 Å². The van der Waals surface area contributed by atoms with Crippen molar-refractivity contribution in [3.8, 4) is 0 Å². The van der Waals surface area contributed by atoms with E-state index in [0.29, 0.717) is 6.04 Å². The van der Waals surface area contributed by atoms with Gasteiger partial charge in [0.1, 0.15) is 11.6 Å². The van der Waals surface area contributed by atoms with Crippen LogP contribution in [-0.4, -0.2) is 16.5 Å². The van der Waals surface area contributed by atoms with E-state index in [9.17, 15) is 0 Å². The van der Waals surface area contributed by atoms with Gasteiger partial charge in [0.2, 0.25) is 0 Å². The second kappa shape index (κ2) is 7.75. The van der Waals surface area contributed by atoms with Crippen LogP contribution in [0.25, 0.3) is 0 Å². The fourth-order valence-corrected chi connectivity index (χ4v) is 4.38. The summed E-state index contributed by atoms with van der Waals surface area (Å²) in [6, 6.07) is 19.8. The molecule has 28 heavy (non-hydrogen) atoms. The molecule has 0 amide bonds. The minimum atomic E-state index is 0.228. The standard InChI is InChI=1S/C25H29N3/c1-5-22(20-11-7-6-8-12-20)24-26-18(3)17(2)25(27-24)28-16-15-21-13-9-10-14-23(21)19(28)4/h6-14,19,22H,5,15-16H2,1-4H3/t19-,22?/m0/s1. The van der Waals surface area contributed by atoms with E-state index in [1.54, 1.807) is 0 Å². The zero-order valence-electron chi connectivity index (χ0n) is 17.3. The van der Waals surface area contributed by atoms with Crippen LogP contribution < -0.4 is 4.90 Å². The summed E-state index contributed by atoms with van der Waals surface area (Å²) in [6.07, 6.45) is 2.05. The van der Waals surface area contributed by atoms with Crippen LogP contribution in [-0.2, 0) is 6.42 Å². The Bertz CT molecular complexity index is 965. The molecular weight excluding hydrogens is 342 g/mol. The molecule has 3 nitrogen and oxygen atoms in total. The van der Waals surface area contributed by atoms with E-state index in [0.717, 1.165) is 36.7 Å². The topological polar surface area (TPSA) is 29.0 Å². The molecule has 1 unspecified atom stereocenters. The third-order valence-electron chi connectivity index (χ3n) is 6.17. The lowest BCUT2D eigenvalue weighted by Crippen LogP contribution is -2.35. The second-order valence-electron chi connectivity index (χ2n) is 7.81. The molecule has 144 valence electrons. The van der Waals surface area contributed by atoms with Gasteiger partial charge in [-0.1, -0.05) is 61.5 Å². The summed E-state index contributed by atoms with van der Waals surface area (Å²) in [5.74, 6) is 2.27. The third kappa shape index (κ3) is 3.30. The molecule has 0 N–H and O–H groups in total. The predicted octanol–water partition coefficient (Wildman–Crippen LogP) is 5.76. The Hall–Kier alpha value is -2.68. The number of nitrogens with zero attached hydrogens (tertiary/aromatic N) is 3. The highest BCUT2D eigenvalue weighted by Crippen LogP contribution is 2.36. The van der Waals surface area contributed by atoms with Gasteiger partial charge in [-0.25, -0.2) is 9.97 Å². The summed E-state index contributed by atoms with van der Waals surface area (Å²) >= 11 is 0. The predicted molar refractivity (Wildman–Crippen MR) is 116 cm³/mol. The third-order valence-corrected chi connectivity index (χ3v) is 6.17. The Morgan fingerprint density at radius 3 is 2.46 bits per heavy atom. The maximum absolute atomic E-state index is 5.14. The highest BCUT2D eigenvalue weighted by atomic mass is 15.2. The first kappa shape index (κ1) is 18.7. The average Bonchev–Trinajstić information content (AvgIpc) is 2.73. The van der Waals surface area contributed by atoms with E-state index in [1.807, 2.05) is 0 Å². The Kier molecular flexibility index (Phi) is 5.17. The second-order valence-corrected chi connectivity index (χ2v) is 7.81. The fourth-order valence-electron chi connectivity index (χ4n) is 4.38. The maximum Gasteiger partial charge on any atom is 0.138 e. The zero-order chi connectivity index (χ0) is 19.7. The van der Waals surface area contributed by atoms with E-state index in [1.165, 1.54) is 22.3 Å². The number of anilines is 1. The van der Waals surface area contributed by atoms with Crippen molar-refractivity contribution >= 4 is 5.82 Å². The van der Waals surface area contributed by atoms with Crippen molar-refractivity contribution in [3.63, 3.8) is 0 Å². The molecule has 0 aliphatic carbocycles. The number of aromatic nitrogens is 2. The zero-order valence-corrected chi connectivity index (χ0v) is 17.3. The van der Waals surface area contributed by atoms with E-state index < -0.39 is 0 Å². The first-order valence-electron chi connectivity index (χ1n) is 10.3. The Morgan fingerprint density at radius 1 is 1.00 bits per heavy atom. The van der Waals surface area contributed by atoms with Crippen molar-refractivity contribution in [2.24, 2.45) is 0 Å². The smallest absolute Gasteiger partial charge is 0.138 e. The average molecular weight is 372 g/mol. The van der Waals surface area contributed by atoms with E-state index in [4.69, 9.17) is 9.97 Å². The van der Waals surface area contributed by atoms with Gasteiger partial charge in [0, 0.05) is 23.7 Å². The molecule has 1 aromatic heterocycles. The molecule has 4 rings (SSSR count). The van der Waals surface area contributed by atoms with Gasteiger partial charge in [0.25, 0.3) is 0 Å². The van der Waals surface area contributed by atoms with Gasteiger partial charge in [0.05, 0.1) is 6.04 Å². The quantitative estimate of drug-likeness (QED) is 0.584. The van der Waals surface area contributed by atoms with Gasteiger partial charge < -0.3 is 4.90 Å². The first-order chi connectivity index (χ1) is 13.6. The number of fused-ring (bicyclic) bond motifs is 1. The van der Waals surface area contributed by atoms with Crippen molar-refractivity contribution in [2.75, 3.05) is 11.4 Å². The highest BCUT2D eigenvalue weighted by Gasteiger charge is 2.27. The molecule has 3 heteroatoms. The highest BCUT2D eigenvalue weighted by molar-refractivity contribution is 5.53. The van der Waals surface area contributed by atoms with Crippen LogP contribution >= 0.6 is 0 Å². The van der Waals surface area contributed by atoms with Gasteiger partial charge >= 0.3 is 0 Å². The van der Waals surface area contributed by atoms with E-state index >= 15 is 0 Å². The molecule has 0 saturated carbocycles. The molecule has 0 saturated heterocycles. The molecule has 1 aliphatic heterocycles. The Morgan fingerprint density at radius 2 is 1.71 bits per heavy atom. The van der Waals surface area contributed by atoms with Crippen molar-refractivity contribution < 1.29 is 0 Å². The van der Waals surface area contributed by atoms with Crippen molar-refractivity contribution in [1.82, 2.24) is 9.97 Å². The van der Waals surface area contributed by atoms with Gasteiger partial charge in [0.15, 0.2) is 0 Å². The molecule has 2 heterocycles. The van der Waals surface area contributed by atoms with Crippen LogP contribution in [0.2, 0.25) is 0 Å². The lowest BCUT2D eigenvalue weighted by molar-refractivity contribution is 0.606. The summed E-state index contributed by atoms with van der Waals surface area (Å²) in [6.45, 7) is 9.78. The molecule has 0 bridgehead atoms. The van der Waals surface area contributed by atoms with Gasteiger partial charge in [-0.15, -0.1) is 0 Å². The Labute approximate surface area is 168 Å². The number of rotatable bonds is 4. The normalized spacial score (nSPS) is 17.3. The van der Waals surface area contributed by atoms with Crippen LogP contribution in [0.15, 0.2) is 54.6 Å². The van der Waals surface area contributed by atoms with Crippen LogP contribution in [0.3, 0.4) is 0 Å². The van der Waals surface area contributed by atoms with E-state index in [-0.39, 0.29) is 5.92 Å². The van der Waals surface area contributed by atoms with Crippen LogP contribution in [0.5, 0.6) is 0 Å². The van der Waals surface area contributed by atoms with Crippen molar-refractivity contribution in [2.45, 2.75) is 52.5 Å². The number of benzene rings is 2. The summed E-state index contributed by atoms with van der Waals surface area (Å²) in [4.78, 5) is 12.5. The van der Waals surface area contributed by atoms with Crippen LogP contribution in [0, 0.1) is 13.8 Å². The summed E-state index contributed by atoms with van der Waals surface area (Å²) in [7, 11) is 0. The van der Waals surface area contributed by atoms with Gasteiger partial charge in [-0.2, -0.15) is 0 Å². The summed E-state index contributed by atoms with van der Waals surface area (Å²) in [5.41, 5.74) is 6.45. The lowest BCUT2D eigenvalue weighted by Gasteiger charge is -2.37.